The zero-order valence-electron chi connectivity index (χ0n) is 15.4. The van der Waals surface area contributed by atoms with Gasteiger partial charge in [-0.3, -0.25) is 14.9 Å². The normalized spacial score (nSPS) is 13.6. The van der Waals surface area contributed by atoms with Gasteiger partial charge in [-0.1, -0.05) is 25.1 Å². The van der Waals surface area contributed by atoms with Gasteiger partial charge < -0.3 is 15.5 Å². The van der Waals surface area contributed by atoms with Crippen molar-refractivity contribution < 1.29 is 9.72 Å². The van der Waals surface area contributed by atoms with E-state index in [1.54, 1.807) is 12.1 Å². The summed E-state index contributed by atoms with van der Waals surface area (Å²) in [7, 11) is 0. The van der Waals surface area contributed by atoms with Crippen molar-refractivity contribution in [2.75, 3.05) is 29.9 Å². The van der Waals surface area contributed by atoms with E-state index < -0.39 is 4.92 Å². The van der Waals surface area contributed by atoms with E-state index in [9.17, 15) is 14.9 Å². The Balaban J connectivity index is 1.83. The minimum absolute atomic E-state index is 0.0227. The molecule has 142 valence electrons. The van der Waals surface area contributed by atoms with Crippen molar-refractivity contribution >= 4 is 23.0 Å². The Bertz CT molecular complexity index is 832. The van der Waals surface area contributed by atoms with Crippen LogP contribution in [0.1, 0.15) is 35.7 Å². The van der Waals surface area contributed by atoms with E-state index in [0.717, 1.165) is 38.0 Å². The monoisotopic (exact) mass is 368 g/mol. The number of hydrogen-bond donors (Lipinski definition) is 2. The molecule has 1 saturated heterocycles. The SMILES string of the molecule is CCNCc1ccccc1NC(=O)c1ccc(N2CCCC2)c([N+](=O)[O-])c1. The Morgan fingerprint density at radius 3 is 2.63 bits per heavy atom. The number of nitrogens with one attached hydrogen (secondary N) is 2. The highest BCUT2D eigenvalue weighted by Gasteiger charge is 2.24. The summed E-state index contributed by atoms with van der Waals surface area (Å²) in [5, 5.41) is 17.6. The van der Waals surface area contributed by atoms with Crippen LogP contribution >= 0.6 is 0 Å². The largest absolute Gasteiger partial charge is 0.366 e. The lowest BCUT2D eigenvalue weighted by Crippen LogP contribution is -2.20. The van der Waals surface area contributed by atoms with Crippen LogP contribution in [0.5, 0.6) is 0 Å². The summed E-state index contributed by atoms with van der Waals surface area (Å²) in [4.78, 5) is 25.8. The van der Waals surface area contributed by atoms with Crippen LogP contribution < -0.4 is 15.5 Å². The number of benzene rings is 2. The van der Waals surface area contributed by atoms with Gasteiger partial charge in [0.25, 0.3) is 11.6 Å². The van der Waals surface area contributed by atoms with Gasteiger partial charge in [-0.25, -0.2) is 0 Å². The highest BCUT2D eigenvalue weighted by atomic mass is 16.6. The van der Waals surface area contributed by atoms with E-state index in [1.807, 2.05) is 36.1 Å². The molecular formula is C20H24N4O3. The standard InChI is InChI=1S/C20H24N4O3/c1-2-21-14-16-7-3-4-8-17(16)22-20(25)15-9-10-18(19(13-15)24(26)27)23-11-5-6-12-23/h3-4,7-10,13,21H,2,5-6,11-12,14H2,1H3,(H,22,25). The first kappa shape index (κ1) is 18.8. The highest BCUT2D eigenvalue weighted by molar-refractivity contribution is 6.05. The second-order valence-electron chi connectivity index (χ2n) is 6.55. The van der Waals surface area contributed by atoms with Gasteiger partial charge in [0.05, 0.1) is 4.92 Å². The molecule has 0 bridgehead atoms. The lowest BCUT2D eigenvalue weighted by Gasteiger charge is -2.18. The number of nitro groups is 1. The first-order valence-corrected chi connectivity index (χ1v) is 9.23. The topological polar surface area (TPSA) is 87.5 Å². The first-order chi connectivity index (χ1) is 13.1. The van der Waals surface area contributed by atoms with Crippen LogP contribution in [0.25, 0.3) is 0 Å². The van der Waals surface area contributed by atoms with Gasteiger partial charge in [0.2, 0.25) is 0 Å². The Morgan fingerprint density at radius 2 is 1.93 bits per heavy atom. The van der Waals surface area contributed by atoms with E-state index >= 15 is 0 Å². The number of anilines is 2. The van der Waals surface area contributed by atoms with Crippen LogP contribution in [0.4, 0.5) is 17.1 Å². The zero-order chi connectivity index (χ0) is 19.2. The van der Waals surface area contributed by atoms with Crippen molar-refractivity contribution in [3.8, 4) is 0 Å². The lowest BCUT2D eigenvalue weighted by molar-refractivity contribution is -0.384. The average Bonchev–Trinajstić information content (AvgIpc) is 3.21. The molecule has 2 N–H and O–H groups in total. The molecule has 0 unspecified atom stereocenters. The number of amides is 1. The number of nitrogens with zero attached hydrogens (tertiary/aromatic N) is 2. The second-order valence-corrected chi connectivity index (χ2v) is 6.55. The minimum atomic E-state index is -0.413. The Labute approximate surface area is 158 Å². The van der Waals surface area contributed by atoms with Gasteiger partial charge in [-0.2, -0.15) is 0 Å². The number of para-hydroxylation sites is 1. The summed E-state index contributed by atoms with van der Waals surface area (Å²) in [6.07, 6.45) is 2.06. The molecule has 7 nitrogen and oxygen atoms in total. The summed E-state index contributed by atoms with van der Waals surface area (Å²) in [5.74, 6) is -0.352. The molecule has 0 saturated carbocycles. The van der Waals surface area contributed by atoms with E-state index in [4.69, 9.17) is 0 Å². The van der Waals surface area contributed by atoms with Crippen molar-refractivity contribution in [1.82, 2.24) is 5.32 Å². The number of nitro benzene ring substituents is 1. The predicted molar refractivity (Wildman–Crippen MR) is 106 cm³/mol. The first-order valence-electron chi connectivity index (χ1n) is 9.23. The van der Waals surface area contributed by atoms with Crippen LogP contribution in [-0.2, 0) is 6.54 Å². The van der Waals surface area contributed by atoms with Crippen molar-refractivity contribution in [1.29, 1.82) is 0 Å². The third kappa shape index (κ3) is 4.43. The maximum Gasteiger partial charge on any atom is 0.293 e. The van der Waals surface area contributed by atoms with Crippen molar-refractivity contribution in [2.45, 2.75) is 26.3 Å². The Morgan fingerprint density at radius 1 is 1.19 bits per heavy atom. The van der Waals surface area contributed by atoms with E-state index in [-0.39, 0.29) is 17.2 Å². The Kier molecular flexibility index (Phi) is 6.03. The van der Waals surface area contributed by atoms with Gasteiger partial charge in [-0.05, 0) is 43.1 Å². The molecule has 27 heavy (non-hydrogen) atoms. The maximum absolute atomic E-state index is 12.7. The summed E-state index contributed by atoms with van der Waals surface area (Å²) in [6, 6.07) is 12.2. The molecular weight excluding hydrogens is 344 g/mol. The molecule has 0 atom stereocenters. The van der Waals surface area contributed by atoms with Gasteiger partial charge in [0.15, 0.2) is 0 Å². The quantitative estimate of drug-likeness (QED) is 0.576. The molecule has 7 heteroatoms. The van der Waals surface area contributed by atoms with Crippen molar-refractivity contribution in [2.24, 2.45) is 0 Å². The summed E-state index contributed by atoms with van der Waals surface area (Å²) in [6.45, 7) is 5.10. The molecule has 0 spiro atoms. The molecule has 3 rings (SSSR count). The van der Waals surface area contributed by atoms with Gasteiger partial charge in [0.1, 0.15) is 5.69 Å². The van der Waals surface area contributed by atoms with E-state index in [2.05, 4.69) is 10.6 Å². The molecule has 2 aromatic rings. The molecule has 1 aliphatic heterocycles. The van der Waals surface area contributed by atoms with E-state index in [1.165, 1.54) is 6.07 Å². The molecule has 1 fully saturated rings. The fraction of sp³-hybridized carbons (Fsp3) is 0.350. The smallest absolute Gasteiger partial charge is 0.293 e. The average molecular weight is 368 g/mol. The van der Waals surface area contributed by atoms with Gasteiger partial charge in [-0.15, -0.1) is 0 Å². The summed E-state index contributed by atoms with van der Waals surface area (Å²) >= 11 is 0. The van der Waals surface area contributed by atoms with Crippen LogP contribution in [0.2, 0.25) is 0 Å². The number of carbonyl (C=O) groups is 1. The molecule has 0 radical (unpaired) electrons. The van der Waals surface area contributed by atoms with Crippen molar-refractivity contribution in [3.05, 3.63) is 63.7 Å². The third-order valence-electron chi connectivity index (χ3n) is 4.71. The predicted octanol–water partition coefficient (Wildman–Crippen LogP) is 3.56. The van der Waals surface area contributed by atoms with Crippen LogP contribution in [0, 0.1) is 10.1 Å². The van der Waals surface area contributed by atoms with E-state index in [0.29, 0.717) is 17.9 Å². The molecule has 0 aromatic heterocycles. The highest BCUT2D eigenvalue weighted by Crippen LogP contribution is 2.32. The van der Waals surface area contributed by atoms with Gasteiger partial charge >= 0.3 is 0 Å². The molecule has 1 heterocycles. The molecule has 0 aliphatic carbocycles. The van der Waals surface area contributed by atoms with Gasteiger partial charge in [0, 0.05) is 37.0 Å². The fourth-order valence-electron chi connectivity index (χ4n) is 3.29. The number of rotatable bonds is 7. The van der Waals surface area contributed by atoms with Crippen LogP contribution in [0.3, 0.4) is 0 Å². The molecule has 1 aliphatic rings. The fourth-order valence-corrected chi connectivity index (χ4v) is 3.29. The summed E-state index contributed by atoms with van der Waals surface area (Å²) in [5.41, 5.74) is 2.51. The summed E-state index contributed by atoms with van der Waals surface area (Å²) < 4.78 is 0. The molecule has 2 aromatic carbocycles. The van der Waals surface area contributed by atoms with Crippen LogP contribution in [0.15, 0.2) is 42.5 Å². The molecule has 1 amide bonds. The zero-order valence-corrected chi connectivity index (χ0v) is 15.4. The maximum atomic E-state index is 12.7. The van der Waals surface area contributed by atoms with Crippen molar-refractivity contribution in [3.63, 3.8) is 0 Å². The number of hydrogen-bond acceptors (Lipinski definition) is 5. The minimum Gasteiger partial charge on any atom is -0.366 e. The number of carbonyl (C=O) groups excluding carboxylic acids is 1. The second kappa shape index (κ2) is 8.64. The van der Waals surface area contributed by atoms with Crippen LogP contribution in [-0.4, -0.2) is 30.5 Å². The lowest BCUT2D eigenvalue weighted by atomic mass is 10.1. The third-order valence-corrected chi connectivity index (χ3v) is 4.71. The Hall–Kier alpha value is -2.93.